The Balaban J connectivity index is 2.61. The van der Waals surface area contributed by atoms with Crippen molar-refractivity contribution in [3.8, 4) is 0 Å². The molecule has 0 saturated carbocycles. The van der Waals surface area contributed by atoms with E-state index in [-0.39, 0.29) is 4.90 Å². The van der Waals surface area contributed by atoms with E-state index in [1.54, 1.807) is 6.07 Å². The molecule has 126 valence electrons. The molecule has 0 radical (unpaired) electrons. The van der Waals surface area contributed by atoms with Gasteiger partial charge in [0.15, 0.2) is 0 Å². The zero-order valence-electron chi connectivity index (χ0n) is 13.8. The van der Waals surface area contributed by atoms with Gasteiger partial charge in [0, 0.05) is 5.39 Å². The van der Waals surface area contributed by atoms with E-state index < -0.39 is 18.0 Å². The standard InChI is InChI=1S/C18H25O3PS/c1-3-5-13-22(14-6-4-2)16-11-7-9-15-10-8-12-17(18(15)16)23(19,20)21/h7-12H,3-6,13-14H2,1-2H3,(H,19,20,21)/p-1. The molecule has 0 atom stereocenters. The highest BCUT2D eigenvalue weighted by atomic mass is 32.2. The minimum absolute atomic E-state index is 0.0638. The van der Waals surface area contributed by atoms with Crippen LogP contribution in [-0.2, 0) is 10.1 Å². The van der Waals surface area contributed by atoms with Crippen LogP contribution >= 0.6 is 7.92 Å². The zero-order valence-corrected chi connectivity index (χ0v) is 15.5. The van der Waals surface area contributed by atoms with Crippen LogP contribution in [0, 0.1) is 0 Å². The monoisotopic (exact) mass is 351 g/mol. The van der Waals surface area contributed by atoms with Gasteiger partial charge in [0.1, 0.15) is 10.1 Å². The Morgan fingerprint density at radius 2 is 1.52 bits per heavy atom. The molecule has 0 aliphatic carbocycles. The Morgan fingerprint density at radius 3 is 2.04 bits per heavy atom. The summed E-state index contributed by atoms with van der Waals surface area (Å²) in [6.45, 7) is 4.34. The lowest BCUT2D eigenvalue weighted by Gasteiger charge is -2.22. The van der Waals surface area contributed by atoms with Crippen molar-refractivity contribution in [3.63, 3.8) is 0 Å². The van der Waals surface area contributed by atoms with Crippen LogP contribution in [-0.4, -0.2) is 25.3 Å². The normalized spacial score (nSPS) is 12.2. The summed E-state index contributed by atoms with van der Waals surface area (Å²) in [5.74, 6) is 0. The second kappa shape index (κ2) is 8.23. The molecule has 0 saturated heterocycles. The summed E-state index contributed by atoms with van der Waals surface area (Å²) >= 11 is 0. The Bertz CT molecular complexity index is 743. The lowest BCUT2D eigenvalue weighted by atomic mass is 10.1. The molecular formula is C18H24O3PS-. The third-order valence-electron chi connectivity index (χ3n) is 4.02. The fourth-order valence-electron chi connectivity index (χ4n) is 2.81. The molecule has 0 aliphatic rings. The van der Waals surface area contributed by atoms with Crippen LogP contribution in [0.3, 0.4) is 0 Å². The van der Waals surface area contributed by atoms with Crippen molar-refractivity contribution in [2.75, 3.05) is 12.3 Å². The quantitative estimate of drug-likeness (QED) is 0.521. The van der Waals surface area contributed by atoms with Crippen molar-refractivity contribution in [2.24, 2.45) is 0 Å². The lowest BCUT2D eigenvalue weighted by Crippen LogP contribution is -2.12. The number of hydrogen-bond donors (Lipinski definition) is 0. The number of fused-ring (bicyclic) bond motifs is 1. The van der Waals surface area contributed by atoms with E-state index in [0.29, 0.717) is 5.39 Å². The van der Waals surface area contributed by atoms with E-state index in [0.717, 1.165) is 48.7 Å². The van der Waals surface area contributed by atoms with Crippen LogP contribution in [0.2, 0.25) is 0 Å². The van der Waals surface area contributed by atoms with E-state index in [1.807, 2.05) is 24.3 Å². The van der Waals surface area contributed by atoms with Crippen LogP contribution in [0.5, 0.6) is 0 Å². The zero-order chi connectivity index (χ0) is 16.9. The fourth-order valence-corrected chi connectivity index (χ4v) is 6.57. The molecule has 0 unspecified atom stereocenters. The highest BCUT2D eigenvalue weighted by Gasteiger charge is 2.17. The molecule has 0 N–H and O–H groups in total. The average molecular weight is 351 g/mol. The van der Waals surface area contributed by atoms with E-state index in [9.17, 15) is 13.0 Å². The Kier molecular flexibility index (Phi) is 6.58. The van der Waals surface area contributed by atoms with E-state index in [2.05, 4.69) is 13.8 Å². The SMILES string of the molecule is CCCCP(CCCC)c1cccc2cccc(S(=O)(=O)[O-])c12. The van der Waals surface area contributed by atoms with Crippen LogP contribution in [0.4, 0.5) is 0 Å². The van der Waals surface area contributed by atoms with E-state index in [4.69, 9.17) is 0 Å². The number of hydrogen-bond acceptors (Lipinski definition) is 3. The first kappa shape index (κ1) is 18.4. The minimum atomic E-state index is -4.47. The third kappa shape index (κ3) is 4.53. The maximum atomic E-state index is 11.7. The smallest absolute Gasteiger partial charge is 0.125 e. The van der Waals surface area contributed by atoms with Gasteiger partial charge in [0.2, 0.25) is 0 Å². The Morgan fingerprint density at radius 1 is 0.957 bits per heavy atom. The van der Waals surface area contributed by atoms with Gasteiger partial charge in [0.25, 0.3) is 0 Å². The first-order valence-corrected chi connectivity index (χ1v) is 11.3. The molecule has 2 rings (SSSR count). The summed E-state index contributed by atoms with van der Waals surface area (Å²) < 4.78 is 35.1. The predicted molar refractivity (Wildman–Crippen MR) is 98.0 cm³/mol. The van der Waals surface area contributed by atoms with Gasteiger partial charge in [-0.25, -0.2) is 8.42 Å². The third-order valence-corrected chi connectivity index (χ3v) is 7.66. The molecule has 0 heterocycles. The Hall–Kier alpha value is -0.960. The lowest BCUT2D eigenvalue weighted by molar-refractivity contribution is 0.464. The van der Waals surface area contributed by atoms with Gasteiger partial charge < -0.3 is 4.55 Å². The fraction of sp³-hybridized carbons (Fsp3) is 0.444. The summed E-state index contributed by atoms with van der Waals surface area (Å²) in [4.78, 5) is -0.0638. The van der Waals surface area contributed by atoms with Gasteiger partial charge in [-0.3, -0.25) is 0 Å². The minimum Gasteiger partial charge on any atom is -0.744 e. The van der Waals surface area contributed by atoms with Gasteiger partial charge in [-0.2, -0.15) is 0 Å². The van der Waals surface area contributed by atoms with Crippen molar-refractivity contribution >= 4 is 34.1 Å². The van der Waals surface area contributed by atoms with Crippen molar-refractivity contribution in [3.05, 3.63) is 36.4 Å². The van der Waals surface area contributed by atoms with Gasteiger partial charge in [-0.05, 0) is 41.9 Å². The van der Waals surface area contributed by atoms with Crippen LogP contribution in [0.15, 0.2) is 41.3 Å². The van der Waals surface area contributed by atoms with Crippen LogP contribution in [0.1, 0.15) is 39.5 Å². The molecule has 0 spiro atoms. The first-order chi connectivity index (χ1) is 11.0. The highest BCUT2D eigenvalue weighted by molar-refractivity contribution is 7.86. The molecule has 0 aliphatic heterocycles. The van der Waals surface area contributed by atoms with Gasteiger partial charge in [-0.1, -0.05) is 64.9 Å². The molecule has 23 heavy (non-hydrogen) atoms. The second-order valence-corrected chi connectivity index (χ2v) is 9.58. The average Bonchev–Trinajstić information content (AvgIpc) is 2.53. The number of unbranched alkanes of at least 4 members (excludes halogenated alkanes) is 2. The Labute approximate surface area is 140 Å². The predicted octanol–water partition coefficient (Wildman–Crippen LogP) is 4.45. The van der Waals surface area contributed by atoms with Crippen molar-refractivity contribution in [1.29, 1.82) is 0 Å². The molecule has 3 nitrogen and oxygen atoms in total. The molecule has 0 fully saturated rings. The van der Waals surface area contributed by atoms with Gasteiger partial charge >= 0.3 is 0 Å². The second-order valence-electron chi connectivity index (χ2n) is 5.78. The molecule has 2 aromatic rings. The first-order valence-electron chi connectivity index (χ1n) is 8.21. The van der Waals surface area contributed by atoms with E-state index >= 15 is 0 Å². The highest BCUT2D eigenvalue weighted by Crippen LogP contribution is 2.40. The molecule has 5 heteroatoms. The van der Waals surface area contributed by atoms with Gasteiger partial charge in [0.05, 0.1) is 4.90 Å². The topological polar surface area (TPSA) is 57.2 Å². The van der Waals surface area contributed by atoms with E-state index in [1.165, 1.54) is 6.07 Å². The molecular weight excluding hydrogens is 327 g/mol. The summed E-state index contributed by atoms with van der Waals surface area (Å²) in [5.41, 5.74) is 0. The molecule has 0 aromatic heterocycles. The maximum absolute atomic E-state index is 11.7. The molecule has 2 aromatic carbocycles. The summed E-state index contributed by atoms with van der Waals surface area (Å²) in [6, 6.07) is 10.9. The van der Waals surface area contributed by atoms with Crippen LogP contribution < -0.4 is 5.30 Å². The largest absolute Gasteiger partial charge is 0.744 e. The van der Waals surface area contributed by atoms with Crippen molar-refractivity contribution in [2.45, 2.75) is 44.4 Å². The molecule has 0 amide bonds. The van der Waals surface area contributed by atoms with Crippen molar-refractivity contribution < 1.29 is 13.0 Å². The summed E-state index contributed by atoms with van der Waals surface area (Å²) in [5, 5.41) is 2.58. The maximum Gasteiger partial charge on any atom is 0.125 e. The van der Waals surface area contributed by atoms with Crippen molar-refractivity contribution in [1.82, 2.24) is 0 Å². The number of benzene rings is 2. The summed E-state index contributed by atoms with van der Waals surface area (Å²) in [6.07, 6.45) is 6.72. The van der Waals surface area contributed by atoms with Gasteiger partial charge in [-0.15, -0.1) is 0 Å². The van der Waals surface area contributed by atoms with Crippen LogP contribution in [0.25, 0.3) is 10.8 Å². The number of rotatable bonds is 8. The summed E-state index contributed by atoms with van der Waals surface area (Å²) in [7, 11) is -4.90. The molecule has 0 bridgehead atoms.